The van der Waals surface area contributed by atoms with Crippen LogP contribution < -0.4 is 5.32 Å². The van der Waals surface area contributed by atoms with Gasteiger partial charge in [-0.25, -0.2) is 0 Å². The van der Waals surface area contributed by atoms with Gasteiger partial charge >= 0.3 is 0 Å². The van der Waals surface area contributed by atoms with Crippen molar-refractivity contribution in [3.8, 4) is 0 Å². The highest BCUT2D eigenvalue weighted by Crippen LogP contribution is 2.18. The van der Waals surface area contributed by atoms with Crippen LogP contribution in [-0.4, -0.2) is 18.3 Å². The molecular weight excluding hydrogens is 222 g/mol. The number of rotatable bonds is 5. The molecule has 0 saturated heterocycles. The fourth-order valence-electron chi connectivity index (χ4n) is 1.39. The van der Waals surface area contributed by atoms with Crippen LogP contribution in [0, 0.1) is 12.3 Å². The molecule has 1 aromatic carbocycles. The van der Waals surface area contributed by atoms with Crippen molar-refractivity contribution in [2.75, 3.05) is 13.2 Å². The lowest BCUT2D eigenvalue weighted by atomic mass is 9.95. The van der Waals surface area contributed by atoms with E-state index in [9.17, 15) is 0 Å². The third kappa shape index (κ3) is 4.12. The Labute approximate surface area is 103 Å². The van der Waals surface area contributed by atoms with Crippen LogP contribution in [0.5, 0.6) is 0 Å². The van der Waals surface area contributed by atoms with E-state index in [2.05, 4.69) is 11.4 Å². The second-order valence-corrected chi connectivity index (χ2v) is 5.43. The number of aryl methyl sites for hydroxylation is 1. The van der Waals surface area contributed by atoms with Gasteiger partial charge in [0.15, 0.2) is 0 Å². The van der Waals surface area contributed by atoms with Crippen molar-refractivity contribution >= 4 is 11.6 Å². The Morgan fingerprint density at radius 1 is 1.38 bits per heavy atom. The first-order chi connectivity index (χ1) is 7.44. The first-order valence-corrected chi connectivity index (χ1v) is 5.89. The molecule has 0 spiro atoms. The summed E-state index contributed by atoms with van der Waals surface area (Å²) < 4.78 is 0. The first-order valence-electron chi connectivity index (χ1n) is 5.51. The average Bonchev–Trinajstić information content (AvgIpc) is 2.21. The zero-order valence-corrected chi connectivity index (χ0v) is 10.9. The van der Waals surface area contributed by atoms with E-state index in [1.807, 2.05) is 32.9 Å². The van der Waals surface area contributed by atoms with Crippen LogP contribution >= 0.6 is 11.6 Å². The molecule has 16 heavy (non-hydrogen) atoms. The summed E-state index contributed by atoms with van der Waals surface area (Å²) in [7, 11) is 0. The lowest BCUT2D eigenvalue weighted by Gasteiger charge is -2.22. The van der Waals surface area contributed by atoms with Crippen LogP contribution in [0.2, 0.25) is 5.02 Å². The van der Waals surface area contributed by atoms with Crippen LogP contribution in [0.4, 0.5) is 0 Å². The number of hydrogen-bond donors (Lipinski definition) is 2. The van der Waals surface area contributed by atoms with Crippen molar-refractivity contribution in [1.82, 2.24) is 5.32 Å². The van der Waals surface area contributed by atoms with Gasteiger partial charge in [-0.1, -0.05) is 37.6 Å². The number of hydrogen-bond acceptors (Lipinski definition) is 2. The third-order valence-electron chi connectivity index (χ3n) is 2.56. The van der Waals surface area contributed by atoms with Crippen LogP contribution in [-0.2, 0) is 6.54 Å². The minimum Gasteiger partial charge on any atom is -0.396 e. The third-order valence-corrected chi connectivity index (χ3v) is 2.91. The van der Waals surface area contributed by atoms with Crippen LogP contribution in [0.1, 0.15) is 25.0 Å². The van der Waals surface area contributed by atoms with Gasteiger partial charge in [-0.3, -0.25) is 0 Å². The molecule has 90 valence electrons. The fraction of sp³-hybridized carbons (Fsp3) is 0.538. The van der Waals surface area contributed by atoms with Crippen molar-refractivity contribution in [2.24, 2.45) is 5.41 Å². The van der Waals surface area contributed by atoms with Gasteiger partial charge in [-0.05, 0) is 24.1 Å². The molecule has 0 bridgehead atoms. The maximum atomic E-state index is 9.12. The zero-order valence-electron chi connectivity index (χ0n) is 10.2. The SMILES string of the molecule is Cc1ccc(CNCC(C)(C)CO)c(Cl)c1. The Morgan fingerprint density at radius 3 is 2.62 bits per heavy atom. The lowest BCUT2D eigenvalue weighted by molar-refractivity contribution is 0.156. The first kappa shape index (κ1) is 13.5. The second kappa shape index (κ2) is 5.67. The molecule has 1 aromatic rings. The van der Waals surface area contributed by atoms with Gasteiger partial charge in [-0.2, -0.15) is 0 Å². The molecular formula is C13H20ClNO. The van der Waals surface area contributed by atoms with Gasteiger partial charge in [0, 0.05) is 30.1 Å². The Kier molecular flexibility index (Phi) is 4.78. The van der Waals surface area contributed by atoms with E-state index in [1.165, 1.54) is 5.56 Å². The molecule has 0 radical (unpaired) electrons. The molecule has 0 fully saturated rings. The normalized spacial score (nSPS) is 11.8. The molecule has 0 atom stereocenters. The maximum absolute atomic E-state index is 9.12. The highest BCUT2D eigenvalue weighted by atomic mass is 35.5. The Balaban J connectivity index is 2.49. The summed E-state index contributed by atoms with van der Waals surface area (Å²) in [5.74, 6) is 0. The molecule has 0 unspecified atom stereocenters. The summed E-state index contributed by atoms with van der Waals surface area (Å²) in [4.78, 5) is 0. The van der Waals surface area contributed by atoms with E-state index < -0.39 is 0 Å². The van der Waals surface area contributed by atoms with Crippen molar-refractivity contribution in [3.63, 3.8) is 0 Å². The van der Waals surface area contributed by atoms with Gasteiger partial charge in [-0.15, -0.1) is 0 Å². The average molecular weight is 242 g/mol. The molecule has 0 aliphatic carbocycles. The van der Waals surface area contributed by atoms with Crippen molar-refractivity contribution < 1.29 is 5.11 Å². The van der Waals surface area contributed by atoms with Gasteiger partial charge in [0.1, 0.15) is 0 Å². The molecule has 2 N–H and O–H groups in total. The number of aliphatic hydroxyl groups is 1. The number of aliphatic hydroxyl groups excluding tert-OH is 1. The van der Waals surface area contributed by atoms with Crippen molar-refractivity contribution in [1.29, 1.82) is 0 Å². The van der Waals surface area contributed by atoms with E-state index in [0.29, 0.717) is 0 Å². The maximum Gasteiger partial charge on any atom is 0.0494 e. The van der Waals surface area contributed by atoms with Gasteiger partial charge in [0.2, 0.25) is 0 Å². The Bertz CT molecular complexity index is 350. The number of benzene rings is 1. The van der Waals surface area contributed by atoms with Crippen LogP contribution in [0.3, 0.4) is 0 Å². The molecule has 0 amide bonds. The van der Waals surface area contributed by atoms with Crippen molar-refractivity contribution in [3.05, 3.63) is 34.3 Å². The van der Waals surface area contributed by atoms with Gasteiger partial charge < -0.3 is 10.4 Å². The fourth-order valence-corrected chi connectivity index (χ4v) is 1.69. The Morgan fingerprint density at radius 2 is 2.06 bits per heavy atom. The summed E-state index contributed by atoms with van der Waals surface area (Å²) in [6.45, 7) is 7.77. The second-order valence-electron chi connectivity index (χ2n) is 5.02. The minimum absolute atomic E-state index is 0.0861. The summed E-state index contributed by atoms with van der Waals surface area (Å²) >= 11 is 6.12. The summed E-state index contributed by atoms with van der Waals surface area (Å²) in [5, 5.41) is 13.2. The molecule has 0 aromatic heterocycles. The molecule has 0 aliphatic rings. The van der Waals surface area contributed by atoms with E-state index in [0.717, 1.165) is 23.7 Å². The quantitative estimate of drug-likeness (QED) is 0.831. The van der Waals surface area contributed by atoms with Gasteiger partial charge in [0.25, 0.3) is 0 Å². The lowest BCUT2D eigenvalue weighted by Crippen LogP contribution is -2.31. The van der Waals surface area contributed by atoms with E-state index in [4.69, 9.17) is 16.7 Å². The summed E-state index contributed by atoms with van der Waals surface area (Å²) in [6.07, 6.45) is 0. The summed E-state index contributed by atoms with van der Waals surface area (Å²) in [6, 6.07) is 6.06. The standard InChI is InChI=1S/C13H20ClNO/c1-10-4-5-11(12(14)6-10)7-15-8-13(2,3)9-16/h4-6,15-16H,7-9H2,1-3H3. The highest BCUT2D eigenvalue weighted by Gasteiger charge is 2.15. The van der Waals surface area contributed by atoms with E-state index in [-0.39, 0.29) is 12.0 Å². The topological polar surface area (TPSA) is 32.3 Å². The molecule has 0 heterocycles. The van der Waals surface area contributed by atoms with Crippen molar-refractivity contribution in [2.45, 2.75) is 27.3 Å². The molecule has 3 heteroatoms. The minimum atomic E-state index is -0.0861. The number of nitrogens with one attached hydrogen (secondary N) is 1. The predicted octanol–water partition coefficient (Wildman–Crippen LogP) is 2.76. The molecule has 0 aliphatic heterocycles. The number of halogens is 1. The molecule has 1 rings (SSSR count). The Hall–Kier alpha value is -0.570. The smallest absolute Gasteiger partial charge is 0.0494 e. The zero-order chi connectivity index (χ0) is 12.2. The van der Waals surface area contributed by atoms with Crippen LogP contribution in [0.15, 0.2) is 18.2 Å². The predicted molar refractivity (Wildman–Crippen MR) is 68.8 cm³/mol. The largest absolute Gasteiger partial charge is 0.396 e. The van der Waals surface area contributed by atoms with E-state index in [1.54, 1.807) is 0 Å². The highest BCUT2D eigenvalue weighted by molar-refractivity contribution is 6.31. The summed E-state index contributed by atoms with van der Waals surface area (Å²) in [5.41, 5.74) is 2.18. The van der Waals surface area contributed by atoms with Gasteiger partial charge in [0.05, 0.1) is 0 Å². The molecule has 2 nitrogen and oxygen atoms in total. The monoisotopic (exact) mass is 241 g/mol. The van der Waals surface area contributed by atoms with E-state index >= 15 is 0 Å². The van der Waals surface area contributed by atoms with Crippen LogP contribution in [0.25, 0.3) is 0 Å². The molecule has 0 saturated carbocycles.